The maximum absolute atomic E-state index is 12.7. The molecule has 33 heavy (non-hydrogen) atoms. The van der Waals surface area contributed by atoms with Crippen LogP contribution in [0.2, 0.25) is 0 Å². The number of ether oxygens (including phenoxy) is 1. The molecule has 0 saturated carbocycles. The van der Waals surface area contributed by atoms with Gasteiger partial charge in [0.15, 0.2) is 15.6 Å². The molecule has 0 fully saturated rings. The Morgan fingerprint density at radius 2 is 1.82 bits per heavy atom. The van der Waals surface area contributed by atoms with Crippen LogP contribution in [0.5, 0.6) is 5.75 Å². The van der Waals surface area contributed by atoms with Gasteiger partial charge in [-0.15, -0.1) is 0 Å². The van der Waals surface area contributed by atoms with E-state index in [2.05, 4.69) is 5.32 Å². The van der Waals surface area contributed by atoms with Crippen molar-refractivity contribution in [3.8, 4) is 5.75 Å². The van der Waals surface area contributed by atoms with E-state index in [1.807, 2.05) is 0 Å². The van der Waals surface area contributed by atoms with Crippen molar-refractivity contribution < 1.29 is 40.6 Å². The highest BCUT2D eigenvalue weighted by atomic mass is 32.2. The first kappa shape index (κ1) is 24.3. The summed E-state index contributed by atoms with van der Waals surface area (Å²) in [4.78, 5) is 12.5. The van der Waals surface area contributed by atoms with E-state index >= 15 is 0 Å². The Morgan fingerprint density at radius 1 is 1.09 bits per heavy atom. The molecular formula is C22H20F3NO6S. The predicted octanol–water partition coefficient (Wildman–Crippen LogP) is 3.44. The summed E-state index contributed by atoms with van der Waals surface area (Å²) in [5.41, 5.74) is -0.746. The maximum Gasteiger partial charge on any atom is 0.416 e. The topological polar surface area (TPSA) is 106 Å². The smallest absolute Gasteiger partial charge is 0.416 e. The van der Waals surface area contributed by atoms with Crippen LogP contribution in [-0.4, -0.2) is 38.7 Å². The van der Waals surface area contributed by atoms with Crippen LogP contribution in [0.1, 0.15) is 21.7 Å². The van der Waals surface area contributed by atoms with E-state index in [0.717, 1.165) is 12.1 Å². The van der Waals surface area contributed by atoms with Gasteiger partial charge in [-0.2, -0.15) is 13.2 Å². The number of benzene rings is 2. The summed E-state index contributed by atoms with van der Waals surface area (Å²) in [5.74, 6) is -1.52. The number of furan rings is 1. The average Bonchev–Trinajstić information content (AvgIpc) is 3.23. The summed E-state index contributed by atoms with van der Waals surface area (Å²) in [6, 6.07) is 13.3. The Morgan fingerprint density at radius 3 is 2.52 bits per heavy atom. The number of hydrogen-bond acceptors (Lipinski definition) is 6. The molecule has 1 atom stereocenters. The number of aliphatic hydroxyl groups is 1. The fourth-order valence-electron chi connectivity index (χ4n) is 2.87. The summed E-state index contributed by atoms with van der Waals surface area (Å²) in [6.45, 7) is -0.682. The van der Waals surface area contributed by atoms with Gasteiger partial charge in [-0.3, -0.25) is 4.79 Å². The number of amides is 1. The SMILES string of the molecule is O=C(NCC(O)COc1cccc(C(F)(F)F)c1)c1occc1CS(=O)(=O)c1ccccc1. The Balaban J connectivity index is 1.55. The molecule has 2 N–H and O–H groups in total. The fraction of sp³-hybridized carbons (Fsp3) is 0.227. The second kappa shape index (κ2) is 10.1. The van der Waals surface area contributed by atoms with Crippen molar-refractivity contribution in [2.24, 2.45) is 0 Å². The predicted molar refractivity (Wildman–Crippen MR) is 111 cm³/mol. The average molecular weight is 483 g/mol. The number of hydrogen-bond donors (Lipinski definition) is 2. The third-order valence-corrected chi connectivity index (χ3v) is 6.18. The monoisotopic (exact) mass is 483 g/mol. The van der Waals surface area contributed by atoms with Gasteiger partial charge >= 0.3 is 6.18 Å². The zero-order valence-corrected chi connectivity index (χ0v) is 17.9. The van der Waals surface area contributed by atoms with Crippen LogP contribution in [0.15, 0.2) is 76.2 Å². The van der Waals surface area contributed by atoms with Gasteiger partial charge in [-0.05, 0) is 36.4 Å². The van der Waals surface area contributed by atoms with Crippen molar-refractivity contribution in [1.29, 1.82) is 0 Å². The molecule has 1 heterocycles. The van der Waals surface area contributed by atoms with Crippen LogP contribution < -0.4 is 10.1 Å². The third-order valence-electron chi connectivity index (χ3n) is 4.50. The Labute approximate surface area is 187 Å². The minimum atomic E-state index is -4.53. The van der Waals surface area contributed by atoms with Gasteiger partial charge in [0.1, 0.15) is 18.5 Å². The van der Waals surface area contributed by atoms with Gasteiger partial charge in [0, 0.05) is 12.1 Å². The van der Waals surface area contributed by atoms with Crippen molar-refractivity contribution in [3.05, 3.63) is 83.8 Å². The normalized spacial score (nSPS) is 12.8. The largest absolute Gasteiger partial charge is 0.491 e. The fourth-order valence-corrected chi connectivity index (χ4v) is 4.24. The van der Waals surface area contributed by atoms with Crippen molar-refractivity contribution in [2.45, 2.75) is 22.9 Å². The number of rotatable bonds is 9. The molecular weight excluding hydrogens is 463 g/mol. The van der Waals surface area contributed by atoms with Crippen molar-refractivity contribution in [2.75, 3.05) is 13.2 Å². The van der Waals surface area contributed by atoms with Crippen LogP contribution in [0.4, 0.5) is 13.2 Å². The van der Waals surface area contributed by atoms with E-state index in [1.165, 1.54) is 36.6 Å². The van der Waals surface area contributed by atoms with Gasteiger partial charge in [-0.25, -0.2) is 8.42 Å². The molecule has 0 radical (unpaired) electrons. The van der Waals surface area contributed by atoms with Crippen LogP contribution in [-0.2, 0) is 21.8 Å². The highest BCUT2D eigenvalue weighted by Crippen LogP contribution is 2.31. The van der Waals surface area contributed by atoms with Crippen molar-refractivity contribution in [1.82, 2.24) is 5.32 Å². The first-order chi connectivity index (χ1) is 15.6. The number of alkyl halides is 3. The summed E-state index contributed by atoms with van der Waals surface area (Å²) in [6.07, 6.45) is -4.59. The molecule has 1 unspecified atom stereocenters. The van der Waals surface area contributed by atoms with E-state index in [0.29, 0.717) is 0 Å². The second-order valence-electron chi connectivity index (χ2n) is 7.05. The molecule has 0 aliphatic heterocycles. The van der Waals surface area contributed by atoms with E-state index in [9.17, 15) is 31.5 Å². The quantitative estimate of drug-likeness (QED) is 0.483. The molecule has 7 nitrogen and oxygen atoms in total. The number of aliphatic hydroxyl groups excluding tert-OH is 1. The molecule has 11 heteroatoms. The number of carbonyl (C=O) groups excluding carboxylic acids is 1. The zero-order valence-electron chi connectivity index (χ0n) is 17.1. The van der Waals surface area contributed by atoms with Gasteiger partial charge in [-0.1, -0.05) is 24.3 Å². The van der Waals surface area contributed by atoms with Gasteiger partial charge in [0.2, 0.25) is 0 Å². The summed E-state index contributed by atoms with van der Waals surface area (Å²) in [5, 5.41) is 12.4. The highest BCUT2D eigenvalue weighted by molar-refractivity contribution is 7.90. The minimum absolute atomic E-state index is 0.0883. The minimum Gasteiger partial charge on any atom is -0.491 e. The maximum atomic E-state index is 12.7. The van der Waals surface area contributed by atoms with Crippen LogP contribution in [0.25, 0.3) is 0 Å². The lowest BCUT2D eigenvalue weighted by Gasteiger charge is -2.14. The standard InChI is InChI=1S/C22H20F3NO6S/c23-22(24,25)16-5-4-6-18(11-16)32-13-17(27)12-26-21(28)20-15(9-10-31-20)14-33(29,30)19-7-2-1-3-8-19/h1-11,17,27H,12-14H2,(H,26,28). The molecule has 1 aromatic heterocycles. The van der Waals surface area contributed by atoms with Crippen LogP contribution in [0.3, 0.4) is 0 Å². The number of sulfone groups is 1. The molecule has 2 aromatic carbocycles. The summed E-state index contributed by atoms with van der Waals surface area (Å²) < 4.78 is 73.6. The lowest BCUT2D eigenvalue weighted by molar-refractivity contribution is -0.137. The van der Waals surface area contributed by atoms with Gasteiger partial charge < -0.3 is 19.6 Å². The van der Waals surface area contributed by atoms with E-state index in [-0.39, 0.29) is 35.1 Å². The molecule has 0 bridgehead atoms. The number of halogens is 3. The van der Waals surface area contributed by atoms with Gasteiger partial charge in [0.25, 0.3) is 5.91 Å². The summed E-state index contributed by atoms with van der Waals surface area (Å²) >= 11 is 0. The lowest BCUT2D eigenvalue weighted by atomic mass is 10.2. The molecule has 3 rings (SSSR count). The van der Waals surface area contributed by atoms with Crippen molar-refractivity contribution in [3.63, 3.8) is 0 Å². The Bertz CT molecular complexity index is 1190. The summed E-state index contributed by atoms with van der Waals surface area (Å²) in [7, 11) is -3.71. The van der Waals surface area contributed by atoms with Crippen LogP contribution in [0, 0.1) is 0 Å². The first-order valence-electron chi connectivity index (χ1n) is 9.67. The van der Waals surface area contributed by atoms with E-state index in [1.54, 1.807) is 18.2 Å². The van der Waals surface area contributed by atoms with E-state index in [4.69, 9.17) is 9.15 Å². The molecule has 0 aliphatic carbocycles. The molecule has 176 valence electrons. The number of carbonyl (C=O) groups is 1. The molecule has 0 spiro atoms. The Kier molecular flexibility index (Phi) is 7.44. The van der Waals surface area contributed by atoms with E-state index < -0.39 is 39.3 Å². The number of nitrogens with one attached hydrogen (secondary N) is 1. The molecule has 0 aliphatic rings. The lowest BCUT2D eigenvalue weighted by Crippen LogP contribution is -2.35. The highest BCUT2D eigenvalue weighted by Gasteiger charge is 2.30. The molecule has 3 aromatic rings. The second-order valence-corrected chi connectivity index (χ2v) is 9.04. The third kappa shape index (κ3) is 6.59. The van der Waals surface area contributed by atoms with Crippen LogP contribution >= 0.6 is 0 Å². The molecule has 1 amide bonds. The molecule has 0 saturated heterocycles. The zero-order chi connectivity index (χ0) is 24.1. The van der Waals surface area contributed by atoms with Crippen molar-refractivity contribution >= 4 is 15.7 Å². The van der Waals surface area contributed by atoms with Gasteiger partial charge in [0.05, 0.1) is 22.5 Å². The Hall–Kier alpha value is -3.31. The first-order valence-corrected chi connectivity index (χ1v) is 11.3.